The molecule has 0 aromatic heterocycles. The average molecular weight is 290 g/mol. The minimum absolute atomic E-state index is 0.127. The van der Waals surface area contributed by atoms with E-state index >= 15 is 0 Å². The van der Waals surface area contributed by atoms with Crippen LogP contribution in [0.5, 0.6) is 5.75 Å². The first-order chi connectivity index (χ1) is 10.0. The second-order valence-corrected chi connectivity index (χ2v) is 4.10. The number of nitro groups is 1. The summed E-state index contributed by atoms with van der Waals surface area (Å²) in [7, 11) is 0. The number of hydrogen-bond donors (Lipinski definition) is 1. The predicted octanol–water partition coefficient (Wildman–Crippen LogP) is 2.75. The third-order valence-corrected chi connectivity index (χ3v) is 2.51. The van der Waals surface area contributed by atoms with Crippen LogP contribution in [0.2, 0.25) is 0 Å². The number of carbonyl (C=O) groups excluding carboxylic acids is 1. The molecule has 0 unspecified atom stereocenters. The van der Waals surface area contributed by atoms with Gasteiger partial charge in [0.15, 0.2) is 6.61 Å². The number of carbonyl (C=O) groups is 1. The van der Waals surface area contributed by atoms with Crippen molar-refractivity contribution in [1.29, 1.82) is 0 Å². The fourth-order valence-electron chi connectivity index (χ4n) is 1.60. The first-order valence-electron chi connectivity index (χ1n) is 5.97. The molecule has 2 aromatic rings. The molecule has 0 saturated carbocycles. The maximum absolute atomic E-state index is 12.9. The number of hydrogen-bond acceptors (Lipinski definition) is 4. The Morgan fingerprint density at radius 3 is 2.71 bits per heavy atom. The van der Waals surface area contributed by atoms with Crippen molar-refractivity contribution in [1.82, 2.24) is 0 Å². The highest BCUT2D eigenvalue weighted by molar-refractivity contribution is 5.91. The summed E-state index contributed by atoms with van der Waals surface area (Å²) < 4.78 is 18.1. The highest BCUT2D eigenvalue weighted by Gasteiger charge is 2.08. The molecule has 21 heavy (non-hydrogen) atoms. The summed E-state index contributed by atoms with van der Waals surface area (Å²) >= 11 is 0. The first-order valence-corrected chi connectivity index (χ1v) is 5.97. The largest absolute Gasteiger partial charge is 0.484 e. The van der Waals surface area contributed by atoms with Crippen molar-refractivity contribution in [2.24, 2.45) is 0 Å². The Labute approximate surface area is 119 Å². The summed E-state index contributed by atoms with van der Waals surface area (Å²) in [4.78, 5) is 21.7. The van der Waals surface area contributed by atoms with Crippen LogP contribution in [0.4, 0.5) is 15.8 Å². The van der Waals surface area contributed by atoms with Gasteiger partial charge in [-0.3, -0.25) is 14.9 Å². The smallest absolute Gasteiger partial charge is 0.273 e. The zero-order chi connectivity index (χ0) is 15.2. The molecule has 0 fully saturated rings. The van der Waals surface area contributed by atoms with Crippen molar-refractivity contribution in [2.75, 3.05) is 11.9 Å². The van der Waals surface area contributed by atoms with Gasteiger partial charge >= 0.3 is 0 Å². The number of nitrogens with one attached hydrogen (secondary N) is 1. The number of benzene rings is 2. The van der Waals surface area contributed by atoms with E-state index in [0.717, 1.165) is 0 Å². The predicted molar refractivity (Wildman–Crippen MR) is 73.6 cm³/mol. The van der Waals surface area contributed by atoms with Gasteiger partial charge in [-0.05, 0) is 24.3 Å². The van der Waals surface area contributed by atoms with Crippen LogP contribution in [0.15, 0.2) is 48.5 Å². The SMILES string of the molecule is O=C(COc1cccc([N+](=O)[O-])c1)Nc1cccc(F)c1. The number of anilines is 1. The maximum Gasteiger partial charge on any atom is 0.273 e. The Hall–Kier alpha value is -2.96. The molecule has 0 bridgehead atoms. The lowest BCUT2D eigenvalue weighted by Crippen LogP contribution is -2.20. The van der Waals surface area contributed by atoms with E-state index in [2.05, 4.69) is 5.32 Å². The molecule has 2 rings (SSSR count). The lowest BCUT2D eigenvalue weighted by Gasteiger charge is -2.07. The van der Waals surface area contributed by atoms with E-state index < -0.39 is 16.6 Å². The summed E-state index contributed by atoms with van der Waals surface area (Å²) in [6.45, 7) is -0.336. The average Bonchev–Trinajstić information content (AvgIpc) is 2.45. The van der Waals surface area contributed by atoms with Crippen LogP contribution < -0.4 is 10.1 Å². The minimum Gasteiger partial charge on any atom is -0.484 e. The number of ether oxygens (including phenoxy) is 1. The van der Waals surface area contributed by atoms with Crippen LogP contribution in [0.3, 0.4) is 0 Å². The van der Waals surface area contributed by atoms with Gasteiger partial charge in [0, 0.05) is 11.8 Å². The summed E-state index contributed by atoms with van der Waals surface area (Å²) in [5.74, 6) is -0.752. The van der Waals surface area contributed by atoms with Crippen molar-refractivity contribution in [3.8, 4) is 5.75 Å². The number of nitrogens with zero attached hydrogens (tertiary/aromatic N) is 1. The standard InChI is InChI=1S/C14H11FN2O4/c15-10-3-1-4-11(7-10)16-14(18)9-21-13-6-2-5-12(8-13)17(19)20/h1-8H,9H2,(H,16,18). The van der Waals surface area contributed by atoms with E-state index in [0.29, 0.717) is 5.69 Å². The van der Waals surface area contributed by atoms with Gasteiger partial charge < -0.3 is 10.1 Å². The molecule has 0 aliphatic heterocycles. The first kappa shape index (κ1) is 14.4. The monoisotopic (exact) mass is 290 g/mol. The number of rotatable bonds is 5. The van der Waals surface area contributed by atoms with E-state index in [1.165, 1.54) is 48.5 Å². The Kier molecular flexibility index (Phi) is 4.45. The third kappa shape index (κ3) is 4.27. The number of halogens is 1. The zero-order valence-electron chi connectivity index (χ0n) is 10.8. The topological polar surface area (TPSA) is 81.5 Å². The van der Waals surface area contributed by atoms with Gasteiger partial charge in [0.25, 0.3) is 11.6 Å². The molecule has 2 aromatic carbocycles. The minimum atomic E-state index is -0.556. The molecule has 0 spiro atoms. The summed E-state index contributed by atoms with van der Waals surface area (Å²) in [5.41, 5.74) is 0.181. The van der Waals surface area contributed by atoms with Crippen molar-refractivity contribution in [2.45, 2.75) is 0 Å². The van der Waals surface area contributed by atoms with E-state index in [4.69, 9.17) is 4.74 Å². The third-order valence-electron chi connectivity index (χ3n) is 2.51. The van der Waals surface area contributed by atoms with Crippen LogP contribution in [0.25, 0.3) is 0 Å². The molecule has 0 aliphatic carbocycles. The molecule has 7 heteroatoms. The molecule has 0 aliphatic rings. The number of amides is 1. The quantitative estimate of drug-likeness (QED) is 0.678. The lowest BCUT2D eigenvalue weighted by atomic mass is 10.3. The molecule has 1 N–H and O–H groups in total. The highest BCUT2D eigenvalue weighted by atomic mass is 19.1. The Bertz CT molecular complexity index is 676. The summed E-state index contributed by atoms with van der Waals surface area (Å²) in [6, 6.07) is 10.9. The lowest BCUT2D eigenvalue weighted by molar-refractivity contribution is -0.384. The van der Waals surface area contributed by atoms with Gasteiger partial charge in [-0.15, -0.1) is 0 Å². The molecule has 0 atom stereocenters. The van der Waals surface area contributed by atoms with E-state index in [1.54, 1.807) is 0 Å². The maximum atomic E-state index is 12.9. The van der Waals surface area contributed by atoms with Crippen molar-refractivity contribution in [3.63, 3.8) is 0 Å². The summed E-state index contributed by atoms with van der Waals surface area (Å²) in [6.07, 6.45) is 0. The molecule has 0 heterocycles. The summed E-state index contributed by atoms with van der Waals surface area (Å²) in [5, 5.41) is 13.1. The Morgan fingerprint density at radius 2 is 2.00 bits per heavy atom. The van der Waals surface area contributed by atoms with Gasteiger partial charge in [0.2, 0.25) is 0 Å². The second kappa shape index (κ2) is 6.47. The molecular formula is C14H11FN2O4. The van der Waals surface area contributed by atoms with Crippen LogP contribution in [0.1, 0.15) is 0 Å². The van der Waals surface area contributed by atoms with Crippen LogP contribution in [-0.4, -0.2) is 17.4 Å². The van der Waals surface area contributed by atoms with Crippen LogP contribution in [0, 0.1) is 15.9 Å². The normalized spacial score (nSPS) is 9.95. The molecule has 0 saturated heterocycles. The van der Waals surface area contributed by atoms with E-state index in [9.17, 15) is 19.3 Å². The zero-order valence-corrected chi connectivity index (χ0v) is 10.8. The molecule has 108 valence electrons. The van der Waals surface area contributed by atoms with Crippen molar-refractivity contribution < 1.29 is 18.8 Å². The Morgan fingerprint density at radius 1 is 1.24 bits per heavy atom. The highest BCUT2D eigenvalue weighted by Crippen LogP contribution is 2.19. The molecule has 6 nitrogen and oxygen atoms in total. The van der Waals surface area contributed by atoms with Crippen LogP contribution in [-0.2, 0) is 4.79 Å². The Balaban J connectivity index is 1.92. The van der Waals surface area contributed by atoms with Gasteiger partial charge in [0.1, 0.15) is 11.6 Å². The fourth-order valence-corrected chi connectivity index (χ4v) is 1.60. The molecular weight excluding hydrogens is 279 g/mol. The van der Waals surface area contributed by atoms with Gasteiger partial charge in [0.05, 0.1) is 11.0 Å². The number of nitro benzene ring substituents is 1. The van der Waals surface area contributed by atoms with E-state index in [1.807, 2.05) is 0 Å². The number of non-ortho nitro benzene ring substituents is 1. The second-order valence-electron chi connectivity index (χ2n) is 4.10. The van der Waals surface area contributed by atoms with Gasteiger partial charge in [-0.1, -0.05) is 12.1 Å². The van der Waals surface area contributed by atoms with E-state index in [-0.39, 0.29) is 18.0 Å². The van der Waals surface area contributed by atoms with Gasteiger partial charge in [-0.25, -0.2) is 4.39 Å². The fraction of sp³-hybridized carbons (Fsp3) is 0.0714. The van der Waals surface area contributed by atoms with Crippen molar-refractivity contribution in [3.05, 3.63) is 64.5 Å². The van der Waals surface area contributed by atoms with Gasteiger partial charge in [-0.2, -0.15) is 0 Å². The van der Waals surface area contributed by atoms with Crippen LogP contribution >= 0.6 is 0 Å². The van der Waals surface area contributed by atoms with Crippen molar-refractivity contribution >= 4 is 17.3 Å². The molecule has 0 radical (unpaired) electrons. The molecule has 1 amide bonds.